The third-order valence-electron chi connectivity index (χ3n) is 4.28. The lowest BCUT2D eigenvalue weighted by atomic mass is 10.1. The molecule has 0 bridgehead atoms. The van der Waals surface area contributed by atoms with E-state index in [1.165, 1.54) is 12.3 Å². The number of carbonyl (C=O) groups is 2. The topological polar surface area (TPSA) is 91.6 Å². The van der Waals surface area contributed by atoms with Gasteiger partial charge in [0.1, 0.15) is 11.5 Å². The zero-order chi connectivity index (χ0) is 17.7. The molecule has 1 heterocycles. The van der Waals surface area contributed by atoms with E-state index in [9.17, 15) is 14.7 Å². The van der Waals surface area contributed by atoms with E-state index in [1.807, 2.05) is 6.07 Å². The van der Waals surface area contributed by atoms with Gasteiger partial charge in [0.2, 0.25) is 0 Å². The van der Waals surface area contributed by atoms with Crippen molar-refractivity contribution in [1.82, 2.24) is 10.6 Å². The molecule has 3 rings (SSSR count). The predicted molar refractivity (Wildman–Crippen MR) is 92.4 cm³/mol. The van der Waals surface area contributed by atoms with Crippen LogP contribution in [0.1, 0.15) is 29.0 Å². The Morgan fingerprint density at radius 3 is 2.52 bits per heavy atom. The molecule has 0 unspecified atom stereocenters. The van der Waals surface area contributed by atoms with Crippen LogP contribution in [0.15, 0.2) is 58.8 Å². The lowest BCUT2D eigenvalue weighted by Crippen LogP contribution is -2.38. The molecule has 0 spiro atoms. The first-order valence-corrected chi connectivity index (χ1v) is 8.13. The largest absolute Gasteiger partial charge is 0.465 e. The van der Waals surface area contributed by atoms with Crippen molar-refractivity contribution < 1.29 is 19.1 Å². The number of aliphatic hydroxyl groups excluding tert-OH is 1. The van der Waals surface area contributed by atoms with Crippen LogP contribution in [0.4, 0.5) is 0 Å². The monoisotopic (exact) mass is 340 g/mol. The summed E-state index contributed by atoms with van der Waals surface area (Å²) in [6, 6.07) is 12.0. The molecular weight excluding hydrogens is 320 g/mol. The highest BCUT2D eigenvalue weighted by Gasteiger charge is 2.42. The smallest absolute Gasteiger partial charge is 0.267 e. The molecule has 1 fully saturated rings. The van der Waals surface area contributed by atoms with Crippen molar-refractivity contribution in [2.24, 2.45) is 5.41 Å². The van der Waals surface area contributed by atoms with Gasteiger partial charge in [-0.25, -0.2) is 0 Å². The zero-order valence-corrected chi connectivity index (χ0v) is 13.7. The molecule has 0 atom stereocenters. The summed E-state index contributed by atoms with van der Waals surface area (Å²) < 4.78 is 5.23. The van der Waals surface area contributed by atoms with Crippen molar-refractivity contribution in [2.75, 3.05) is 13.2 Å². The summed E-state index contributed by atoms with van der Waals surface area (Å²) in [7, 11) is 0. The number of benzene rings is 1. The number of rotatable bonds is 7. The molecule has 0 aliphatic heterocycles. The maximum atomic E-state index is 12.5. The molecule has 25 heavy (non-hydrogen) atoms. The fourth-order valence-corrected chi connectivity index (χ4v) is 2.39. The highest BCUT2D eigenvalue weighted by molar-refractivity contribution is 6.05. The summed E-state index contributed by atoms with van der Waals surface area (Å²) in [4.78, 5) is 24.9. The van der Waals surface area contributed by atoms with Crippen LogP contribution in [0.5, 0.6) is 0 Å². The summed E-state index contributed by atoms with van der Waals surface area (Å²) in [5, 5.41) is 14.8. The molecule has 6 heteroatoms. The minimum absolute atomic E-state index is 0.0425. The van der Waals surface area contributed by atoms with Gasteiger partial charge in [0.25, 0.3) is 11.8 Å². The number of carbonyl (C=O) groups excluding carboxylic acids is 2. The number of amides is 2. The van der Waals surface area contributed by atoms with E-state index in [2.05, 4.69) is 10.6 Å². The predicted octanol–water partition coefficient (Wildman–Crippen LogP) is 1.94. The molecule has 1 saturated carbocycles. The maximum absolute atomic E-state index is 12.5. The highest BCUT2D eigenvalue weighted by atomic mass is 16.3. The summed E-state index contributed by atoms with van der Waals surface area (Å²) in [5.74, 6) is -0.334. The summed E-state index contributed by atoms with van der Waals surface area (Å²) in [5.41, 5.74) is 0.335. The maximum Gasteiger partial charge on any atom is 0.267 e. The minimum Gasteiger partial charge on any atom is -0.465 e. The van der Waals surface area contributed by atoms with E-state index in [4.69, 9.17) is 4.42 Å². The van der Waals surface area contributed by atoms with E-state index < -0.39 is 5.91 Å². The third kappa shape index (κ3) is 4.36. The van der Waals surface area contributed by atoms with Gasteiger partial charge in [-0.15, -0.1) is 0 Å². The SMILES string of the molecule is O=C(NCC1(CO)CC1)/C(=C/c1ccco1)NC(=O)c1ccccc1. The fraction of sp³-hybridized carbons (Fsp3) is 0.263. The van der Waals surface area contributed by atoms with Crippen LogP contribution in [0.2, 0.25) is 0 Å². The summed E-state index contributed by atoms with van der Waals surface area (Å²) in [6.07, 6.45) is 4.74. The van der Waals surface area contributed by atoms with Crippen molar-refractivity contribution in [3.05, 3.63) is 65.7 Å². The van der Waals surface area contributed by atoms with Crippen molar-refractivity contribution in [1.29, 1.82) is 0 Å². The summed E-state index contributed by atoms with van der Waals surface area (Å²) in [6.45, 7) is 0.417. The van der Waals surface area contributed by atoms with Gasteiger partial charge < -0.3 is 20.2 Å². The van der Waals surface area contributed by atoms with E-state index in [0.29, 0.717) is 17.9 Å². The van der Waals surface area contributed by atoms with Crippen LogP contribution in [-0.2, 0) is 4.79 Å². The van der Waals surface area contributed by atoms with Crippen LogP contribution in [0.3, 0.4) is 0 Å². The van der Waals surface area contributed by atoms with Gasteiger partial charge in [0.15, 0.2) is 0 Å². The Hall–Kier alpha value is -2.86. The van der Waals surface area contributed by atoms with Gasteiger partial charge in [-0.1, -0.05) is 18.2 Å². The van der Waals surface area contributed by atoms with Gasteiger partial charge in [-0.2, -0.15) is 0 Å². The molecule has 1 aromatic carbocycles. The standard InChI is InChI=1S/C19H20N2O4/c22-13-19(8-9-19)12-20-18(24)16(11-15-7-4-10-25-15)21-17(23)14-5-2-1-3-6-14/h1-7,10-11,22H,8-9,12-13H2,(H,20,24)(H,21,23)/b16-11-. The number of aliphatic hydroxyl groups is 1. The number of hydrogen-bond acceptors (Lipinski definition) is 4. The lowest BCUT2D eigenvalue weighted by Gasteiger charge is -2.15. The minimum atomic E-state index is -0.416. The average Bonchev–Trinajstić information content (AvgIpc) is 3.25. The van der Waals surface area contributed by atoms with Crippen molar-refractivity contribution in [2.45, 2.75) is 12.8 Å². The second kappa shape index (κ2) is 7.36. The van der Waals surface area contributed by atoms with Crippen LogP contribution < -0.4 is 10.6 Å². The summed E-state index contributed by atoms with van der Waals surface area (Å²) >= 11 is 0. The Balaban J connectivity index is 1.73. The van der Waals surface area contributed by atoms with Crippen molar-refractivity contribution >= 4 is 17.9 Å². The van der Waals surface area contributed by atoms with Crippen molar-refractivity contribution in [3.8, 4) is 0 Å². The van der Waals surface area contributed by atoms with Crippen molar-refractivity contribution in [3.63, 3.8) is 0 Å². The quantitative estimate of drug-likeness (QED) is 0.672. The van der Waals surface area contributed by atoms with Gasteiger partial charge in [-0.3, -0.25) is 9.59 Å². The van der Waals surface area contributed by atoms with Gasteiger partial charge in [0.05, 0.1) is 12.9 Å². The fourth-order valence-electron chi connectivity index (χ4n) is 2.39. The second-order valence-corrected chi connectivity index (χ2v) is 6.23. The average molecular weight is 340 g/mol. The van der Waals surface area contributed by atoms with Gasteiger partial charge in [-0.05, 0) is 37.1 Å². The van der Waals surface area contributed by atoms with E-state index >= 15 is 0 Å². The highest BCUT2D eigenvalue weighted by Crippen LogP contribution is 2.44. The van der Waals surface area contributed by atoms with E-state index in [1.54, 1.807) is 36.4 Å². The molecule has 6 nitrogen and oxygen atoms in total. The second-order valence-electron chi connectivity index (χ2n) is 6.23. The van der Waals surface area contributed by atoms with E-state index in [0.717, 1.165) is 12.8 Å². The molecule has 2 aromatic rings. The Kier molecular flexibility index (Phi) is 5.00. The molecule has 130 valence electrons. The molecule has 0 saturated heterocycles. The molecule has 1 aliphatic rings. The van der Waals surface area contributed by atoms with Crippen LogP contribution in [0.25, 0.3) is 6.08 Å². The third-order valence-corrected chi connectivity index (χ3v) is 4.28. The van der Waals surface area contributed by atoms with Crippen LogP contribution in [0, 0.1) is 5.41 Å². The lowest BCUT2D eigenvalue weighted by molar-refractivity contribution is -0.118. The first-order chi connectivity index (χ1) is 12.1. The molecule has 1 aliphatic carbocycles. The molecule has 3 N–H and O–H groups in total. The number of nitrogens with one attached hydrogen (secondary N) is 2. The number of hydrogen-bond donors (Lipinski definition) is 3. The first-order valence-electron chi connectivity index (χ1n) is 8.13. The molecule has 2 amide bonds. The Morgan fingerprint density at radius 2 is 1.92 bits per heavy atom. The zero-order valence-electron chi connectivity index (χ0n) is 13.7. The molecular formula is C19H20N2O4. The van der Waals surface area contributed by atoms with E-state index in [-0.39, 0.29) is 23.6 Å². The van der Waals surface area contributed by atoms with Gasteiger partial charge >= 0.3 is 0 Å². The van der Waals surface area contributed by atoms with Crippen LogP contribution in [-0.4, -0.2) is 30.1 Å². The van der Waals surface area contributed by atoms with Crippen LogP contribution >= 0.6 is 0 Å². The Labute approximate surface area is 145 Å². The first kappa shape index (κ1) is 17.0. The Bertz CT molecular complexity index is 762. The molecule has 0 radical (unpaired) electrons. The normalized spacial score (nSPS) is 15.5. The van der Waals surface area contributed by atoms with Gasteiger partial charge in [0, 0.05) is 23.6 Å². The molecule has 1 aromatic heterocycles. The number of furan rings is 1. The Morgan fingerprint density at radius 1 is 1.16 bits per heavy atom.